The first kappa shape index (κ1) is 11.1. The summed E-state index contributed by atoms with van der Waals surface area (Å²) in [6.07, 6.45) is 0.867. The first-order valence-electron chi connectivity index (χ1n) is 4.93. The van der Waals surface area contributed by atoms with Crippen molar-refractivity contribution in [2.45, 2.75) is 20.3 Å². The van der Waals surface area contributed by atoms with E-state index in [-0.39, 0.29) is 0 Å². The Kier molecular flexibility index (Phi) is 4.56. The van der Waals surface area contributed by atoms with Crippen LogP contribution in [0.3, 0.4) is 0 Å². The highest BCUT2D eigenvalue weighted by molar-refractivity contribution is 7.17. The van der Waals surface area contributed by atoms with Crippen LogP contribution < -0.4 is 5.73 Å². The number of pyridine rings is 1. The molecule has 0 bridgehead atoms. The molecule has 2 rings (SSSR count). The van der Waals surface area contributed by atoms with Gasteiger partial charge in [-0.3, -0.25) is 4.98 Å². The van der Waals surface area contributed by atoms with Crippen LogP contribution in [0, 0.1) is 0 Å². The molecule has 0 spiro atoms. The number of hydrogen-bond acceptors (Lipinski definition) is 3. The molecule has 0 saturated carbocycles. The Labute approximate surface area is 88.8 Å². The monoisotopic (exact) mass is 208 g/mol. The van der Waals surface area contributed by atoms with Crippen LogP contribution >= 0.6 is 11.3 Å². The van der Waals surface area contributed by atoms with E-state index in [1.807, 2.05) is 26.0 Å². The molecule has 76 valence electrons. The molecular formula is C11H16N2S. The van der Waals surface area contributed by atoms with Crippen molar-refractivity contribution in [3.63, 3.8) is 0 Å². The Hall–Kier alpha value is -0.930. The molecule has 2 nitrogen and oxygen atoms in total. The van der Waals surface area contributed by atoms with Gasteiger partial charge in [0.1, 0.15) is 0 Å². The molecular weight excluding hydrogens is 192 g/mol. The van der Waals surface area contributed by atoms with Gasteiger partial charge in [-0.05, 0) is 30.1 Å². The zero-order chi connectivity index (χ0) is 10.4. The molecule has 0 aliphatic carbocycles. The molecule has 0 saturated heterocycles. The third kappa shape index (κ3) is 2.53. The highest BCUT2D eigenvalue weighted by atomic mass is 32.1. The molecule has 2 aromatic rings. The molecule has 2 N–H and O–H groups in total. The maximum Gasteiger partial charge on any atom is 0.0812 e. The maximum absolute atomic E-state index is 5.44. The summed E-state index contributed by atoms with van der Waals surface area (Å²) < 4.78 is 1.25. The minimum absolute atomic E-state index is 0.669. The Morgan fingerprint density at radius 3 is 2.79 bits per heavy atom. The van der Waals surface area contributed by atoms with Gasteiger partial charge in [0.05, 0.1) is 10.2 Å². The second kappa shape index (κ2) is 5.73. The van der Waals surface area contributed by atoms with E-state index >= 15 is 0 Å². The lowest BCUT2D eigenvalue weighted by atomic mass is 10.2. The Morgan fingerprint density at radius 2 is 2.07 bits per heavy atom. The SMILES string of the molecule is CC.NCCc1ccc2sccc2n1. The fraction of sp³-hybridized carbons (Fsp3) is 0.364. The first-order valence-corrected chi connectivity index (χ1v) is 5.81. The fourth-order valence-electron chi connectivity index (χ4n) is 1.18. The van der Waals surface area contributed by atoms with E-state index < -0.39 is 0 Å². The zero-order valence-electron chi connectivity index (χ0n) is 8.66. The number of aromatic nitrogens is 1. The minimum atomic E-state index is 0.669. The number of thiophene rings is 1. The van der Waals surface area contributed by atoms with Gasteiger partial charge in [0.15, 0.2) is 0 Å². The largest absolute Gasteiger partial charge is 0.330 e. The molecule has 0 aromatic carbocycles. The highest BCUT2D eigenvalue weighted by Crippen LogP contribution is 2.18. The predicted octanol–water partition coefficient (Wildman–Crippen LogP) is 2.82. The van der Waals surface area contributed by atoms with Gasteiger partial charge in [0, 0.05) is 12.1 Å². The number of nitrogens with two attached hydrogens (primary N) is 1. The van der Waals surface area contributed by atoms with E-state index in [2.05, 4.69) is 16.4 Å². The molecule has 0 radical (unpaired) electrons. The summed E-state index contributed by atoms with van der Waals surface area (Å²) in [5.41, 5.74) is 7.62. The van der Waals surface area contributed by atoms with Crippen molar-refractivity contribution >= 4 is 21.6 Å². The van der Waals surface area contributed by atoms with E-state index in [1.54, 1.807) is 11.3 Å². The van der Waals surface area contributed by atoms with Crippen molar-refractivity contribution in [2.24, 2.45) is 5.73 Å². The molecule has 0 unspecified atom stereocenters. The summed E-state index contributed by atoms with van der Waals surface area (Å²) >= 11 is 1.72. The highest BCUT2D eigenvalue weighted by Gasteiger charge is 1.97. The molecule has 0 fully saturated rings. The Morgan fingerprint density at radius 1 is 1.29 bits per heavy atom. The van der Waals surface area contributed by atoms with Gasteiger partial charge in [-0.15, -0.1) is 11.3 Å². The molecule has 2 aromatic heterocycles. The Bertz CT molecular complexity index is 381. The van der Waals surface area contributed by atoms with Crippen molar-refractivity contribution < 1.29 is 0 Å². The van der Waals surface area contributed by atoms with Gasteiger partial charge in [-0.2, -0.15) is 0 Å². The smallest absolute Gasteiger partial charge is 0.0812 e. The van der Waals surface area contributed by atoms with Crippen LogP contribution in [0.4, 0.5) is 0 Å². The predicted molar refractivity (Wildman–Crippen MR) is 63.7 cm³/mol. The van der Waals surface area contributed by atoms with Crippen LogP contribution in [0.15, 0.2) is 23.6 Å². The van der Waals surface area contributed by atoms with Crippen LogP contribution in [0.2, 0.25) is 0 Å². The number of rotatable bonds is 2. The van der Waals surface area contributed by atoms with Crippen LogP contribution in [0.5, 0.6) is 0 Å². The van der Waals surface area contributed by atoms with E-state index in [4.69, 9.17) is 5.73 Å². The van der Waals surface area contributed by atoms with Crippen molar-refractivity contribution in [1.82, 2.24) is 4.98 Å². The molecule has 2 heterocycles. The lowest BCUT2D eigenvalue weighted by Crippen LogP contribution is -2.03. The van der Waals surface area contributed by atoms with E-state index in [1.165, 1.54) is 4.70 Å². The van der Waals surface area contributed by atoms with Gasteiger partial charge in [-0.1, -0.05) is 13.8 Å². The van der Waals surface area contributed by atoms with Crippen LogP contribution in [0.25, 0.3) is 10.2 Å². The summed E-state index contributed by atoms with van der Waals surface area (Å²) in [4.78, 5) is 4.46. The van der Waals surface area contributed by atoms with Crippen LogP contribution in [-0.4, -0.2) is 11.5 Å². The van der Waals surface area contributed by atoms with Gasteiger partial charge >= 0.3 is 0 Å². The molecule has 0 amide bonds. The van der Waals surface area contributed by atoms with E-state index in [0.29, 0.717) is 6.54 Å². The van der Waals surface area contributed by atoms with Crippen LogP contribution in [0.1, 0.15) is 19.5 Å². The molecule has 3 heteroatoms. The van der Waals surface area contributed by atoms with E-state index in [0.717, 1.165) is 17.6 Å². The van der Waals surface area contributed by atoms with Crippen molar-refractivity contribution in [3.8, 4) is 0 Å². The maximum atomic E-state index is 5.44. The third-order valence-electron chi connectivity index (χ3n) is 1.77. The summed E-state index contributed by atoms with van der Waals surface area (Å²) in [6.45, 7) is 4.67. The second-order valence-electron chi connectivity index (χ2n) is 2.65. The normalized spacial score (nSPS) is 9.64. The molecule has 0 atom stereocenters. The second-order valence-corrected chi connectivity index (χ2v) is 3.59. The topological polar surface area (TPSA) is 38.9 Å². The number of nitrogens with zero attached hydrogens (tertiary/aromatic N) is 1. The Balaban J connectivity index is 0.000000461. The van der Waals surface area contributed by atoms with Crippen molar-refractivity contribution in [2.75, 3.05) is 6.54 Å². The van der Waals surface area contributed by atoms with Gasteiger partial charge in [0.25, 0.3) is 0 Å². The summed E-state index contributed by atoms with van der Waals surface area (Å²) in [6, 6.07) is 6.20. The standard InChI is InChI=1S/C9H10N2S.C2H6/c10-5-3-7-1-2-9-8(11-7)4-6-12-9;1-2/h1-2,4,6H,3,5,10H2;1-2H3. The lowest BCUT2D eigenvalue weighted by Gasteiger charge is -1.96. The number of fused-ring (bicyclic) bond motifs is 1. The third-order valence-corrected chi connectivity index (χ3v) is 2.64. The average molecular weight is 208 g/mol. The van der Waals surface area contributed by atoms with Gasteiger partial charge < -0.3 is 5.73 Å². The van der Waals surface area contributed by atoms with Crippen molar-refractivity contribution in [1.29, 1.82) is 0 Å². The van der Waals surface area contributed by atoms with Gasteiger partial charge in [-0.25, -0.2) is 0 Å². The first-order chi connectivity index (χ1) is 6.90. The van der Waals surface area contributed by atoms with Crippen LogP contribution in [-0.2, 0) is 6.42 Å². The summed E-state index contributed by atoms with van der Waals surface area (Å²) in [7, 11) is 0. The number of hydrogen-bond donors (Lipinski definition) is 1. The molecule has 0 aliphatic rings. The zero-order valence-corrected chi connectivity index (χ0v) is 9.47. The van der Waals surface area contributed by atoms with E-state index in [9.17, 15) is 0 Å². The molecule has 0 aliphatic heterocycles. The molecule has 14 heavy (non-hydrogen) atoms. The fourth-order valence-corrected chi connectivity index (χ4v) is 1.91. The summed E-state index contributed by atoms with van der Waals surface area (Å²) in [5, 5.41) is 2.06. The minimum Gasteiger partial charge on any atom is -0.330 e. The van der Waals surface area contributed by atoms with Gasteiger partial charge in [0.2, 0.25) is 0 Å². The summed E-state index contributed by atoms with van der Waals surface area (Å²) in [5.74, 6) is 0. The quantitative estimate of drug-likeness (QED) is 0.824. The van der Waals surface area contributed by atoms with Crippen molar-refractivity contribution in [3.05, 3.63) is 29.3 Å². The average Bonchev–Trinajstić information content (AvgIpc) is 2.68. The lowest BCUT2D eigenvalue weighted by molar-refractivity contribution is 0.933.